The molecule has 2 aromatic heterocycles. The van der Waals surface area contributed by atoms with Crippen molar-refractivity contribution in [1.82, 2.24) is 18.8 Å². The number of fused-ring (bicyclic) bond motifs is 1. The molecule has 8 heteroatoms. The molecule has 6 nitrogen and oxygen atoms in total. The molecule has 0 amide bonds. The van der Waals surface area contributed by atoms with Crippen LogP contribution in [-0.2, 0) is 16.8 Å². The summed E-state index contributed by atoms with van der Waals surface area (Å²) in [5, 5.41) is 0.572. The van der Waals surface area contributed by atoms with Gasteiger partial charge in [-0.15, -0.1) is 0 Å². The SMILES string of the molecule is C=S(C)(=O)N1CCN(c2cc(-c3nc4ccccc4n3C)c(Cl)cn2)C[C@H]1C. The molecule has 0 saturated carbocycles. The predicted octanol–water partition coefficient (Wildman–Crippen LogP) is 3.06. The Morgan fingerprint density at radius 3 is 2.71 bits per heavy atom. The molecule has 0 aliphatic carbocycles. The molecule has 1 aliphatic rings. The number of hydrogen-bond donors (Lipinski definition) is 0. The van der Waals surface area contributed by atoms with Crippen molar-refractivity contribution in [2.75, 3.05) is 30.8 Å². The molecule has 3 aromatic rings. The van der Waals surface area contributed by atoms with Gasteiger partial charge in [0, 0.05) is 60.4 Å². The lowest BCUT2D eigenvalue weighted by atomic mass is 10.2. The smallest absolute Gasteiger partial charge is 0.142 e. The first-order valence-corrected chi connectivity index (χ1v) is 11.6. The Morgan fingerprint density at radius 2 is 2.04 bits per heavy atom. The molecule has 1 aliphatic heterocycles. The Bertz CT molecular complexity index is 1140. The number of aryl methyl sites for hydroxylation is 1. The second kappa shape index (κ2) is 7.06. The van der Waals surface area contributed by atoms with E-state index in [1.54, 1.807) is 12.5 Å². The number of pyridine rings is 1. The van der Waals surface area contributed by atoms with Crippen molar-refractivity contribution in [2.24, 2.45) is 7.05 Å². The number of halogens is 1. The number of benzene rings is 1. The van der Waals surface area contributed by atoms with Crippen molar-refractivity contribution >= 4 is 44.0 Å². The Kier molecular flexibility index (Phi) is 4.85. The van der Waals surface area contributed by atoms with Crippen LogP contribution in [0.15, 0.2) is 36.5 Å². The predicted molar refractivity (Wildman–Crippen MR) is 119 cm³/mol. The number of para-hydroxylation sites is 2. The number of hydrogen-bond acceptors (Lipinski definition) is 4. The molecule has 1 fully saturated rings. The minimum absolute atomic E-state index is 0.125. The highest BCUT2D eigenvalue weighted by Gasteiger charge is 2.28. The van der Waals surface area contributed by atoms with Crippen LogP contribution in [0.3, 0.4) is 0 Å². The minimum atomic E-state index is -2.21. The molecule has 1 saturated heterocycles. The van der Waals surface area contributed by atoms with E-state index in [4.69, 9.17) is 16.6 Å². The lowest BCUT2D eigenvalue weighted by Gasteiger charge is -2.40. The molecule has 0 spiro atoms. The van der Waals surface area contributed by atoms with Crippen molar-refractivity contribution < 1.29 is 4.21 Å². The fourth-order valence-corrected chi connectivity index (χ4v) is 5.36. The average Bonchev–Trinajstić information content (AvgIpc) is 2.98. The van der Waals surface area contributed by atoms with Gasteiger partial charge >= 0.3 is 0 Å². The summed E-state index contributed by atoms with van der Waals surface area (Å²) in [6, 6.07) is 10.1. The molecule has 28 heavy (non-hydrogen) atoms. The number of rotatable bonds is 3. The summed E-state index contributed by atoms with van der Waals surface area (Å²) in [6.07, 6.45) is 3.39. The third kappa shape index (κ3) is 3.38. The average molecular weight is 418 g/mol. The van der Waals surface area contributed by atoms with E-state index in [1.807, 2.05) is 41.7 Å². The molecule has 2 atom stereocenters. The van der Waals surface area contributed by atoms with Crippen LogP contribution in [-0.4, -0.2) is 60.9 Å². The van der Waals surface area contributed by atoms with Gasteiger partial charge in [-0.3, -0.25) is 4.21 Å². The maximum atomic E-state index is 12.4. The lowest BCUT2D eigenvalue weighted by Crippen LogP contribution is -2.53. The Hall–Kier alpha value is -2.09. The molecule has 3 heterocycles. The zero-order valence-electron chi connectivity index (χ0n) is 16.3. The highest BCUT2D eigenvalue weighted by Crippen LogP contribution is 2.32. The summed E-state index contributed by atoms with van der Waals surface area (Å²) in [4.78, 5) is 11.5. The number of piperazine rings is 1. The second-order valence-corrected chi connectivity index (χ2v) is 10.2. The van der Waals surface area contributed by atoms with E-state index >= 15 is 0 Å². The maximum absolute atomic E-state index is 12.4. The first-order chi connectivity index (χ1) is 13.3. The molecule has 4 rings (SSSR count). The molecule has 148 valence electrons. The van der Waals surface area contributed by atoms with Crippen LogP contribution in [0.4, 0.5) is 5.82 Å². The van der Waals surface area contributed by atoms with Crippen LogP contribution >= 0.6 is 11.6 Å². The van der Waals surface area contributed by atoms with Crippen molar-refractivity contribution in [1.29, 1.82) is 0 Å². The summed E-state index contributed by atoms with van der Waals surface area (Å²) in [5.41, 5.74) is 2.85. The maximum Gasteiger partial charge on any atom is 0.142 e. The third-order valence-corrected chi connectivity index (χ3v) is 7.09. The molecule has 0 N–H and O–H groups in total. The Labute approximate surface area is 170 Å². The van der Waals surface area contributed by atoms with E-state index in [2.05, 4.69) is 27.2 Å². The zero-order valence-corrected chi connectivity index (χ0v) is 17.9. The first-order valence-electron chi connectivity index (χ1n) is 9.17. The van der Waals surface area contributed by atoms with E-state index in [0.717, 1.165) is 41.3 Å². The summed E-state index contributed by atoms with van der Waals surface area (Å²) >= 11 is 6.49. The molecule has 1 aromatic carbocycles. The fraction of sp³-hybridized carbons (Fsp3) is 0.350. The normalized spacial score (nSPS) is 20.4. The summed E-state index contributed by atoms with van der Waals surface area (Å²) in [5.74, 6) is 5.50. The largest absolute Gasteiger partial charge is 0.354 e. The van der Waals surface area contributed by atoms with Gasteiger partial charge in [-0.2, -0.15) is 0 Å². The Balaban J connectivity index is 1.69. The number of imidazole rings is 1. The summed E-state index contributed by atoms with van der Waals surface area (Å²) < 4.78 is 16.4. The number of nitrogens with zero attached hydrogens (tertiary/aromatic N) is 5. The van der Waals surface area contributed by atoms with Gasteiger partial charge in [0.1, 0.15) is 11.6 Å². The summed E-state index contributed by atoms with van der Waals surface area (Å²) in [7, 11) is -0.213. The van der Waals surface area contributed by atoms with E-state index in [0.29, 0.717) is 11.6 Å². The molecule has 0 bridgehead atoms. The highest BCUT2D eigenvalue weighted by molar-refractivity contribution is 7.97. The van der Waals surface area contributed by atoms with E-state index in [9.17, 15) is 4.21 Å². The first kappa shape index (κ1) is 19.2. The van der Waals surface area contributed by atoms with Gasteiger partial charge in [0.15, 0.2) is 0 Å². The van der Waals surface area contributed by atoms with Crippen molar-refractivity contribution in [3.05, 3.63) is 41.6 Å². The highest BCUT2D eigenvalue weighted by atomic mass is 35.5. The third-order valence-electron chi connectivity index (χ3n) is 5.26. The quantitative estimate of drug-likeness (QED) is 0.614. The summed E-state index contributed by atoms with van der Waals surface area (Å²) in [6.45, 7) is 4.23. The number of aromatic nitrogens is 3. The van der Waals surface area contributed by atoms with Crippen LogP contribution in [0.25, 0.3) is 22.4 Å². The van der Waals surface area contributed by atoms with Gasteiger partial charge in [0.25, 0.3) is 0 Å². The fourth-order valence-electron chi connectivity index (χ4n) is 3.88. The topological polar surface area (TPSA) is 54.3 Å². The van der Waals surface area contributed by atoms with E-state index in [-0.39, 0.29) is 6.04 Å². The van der Waals surface area contributed by atoms with Gasteiger partial charge in [-0.1, -0.05) is 23.7 Å². The minimum Gasteiger partial charge on any atom is -0.354 e. The molecule has 0 radical (unpaired) electrons. The molecule has 1 unspecified atom stereocenters. The van der Waals surface area contributed by atoms with Crippen molar-refractivity contribution in [2.45, 2.75) is 13.0 Å². The van der Waals surface area contributed by atoms with Gasteiger partial charge in [-0.05, 0) is 31.0 Å². The van der Waals surface area contributed by atoms with Gasteiger partial charge in [0.05, 0.1) is 16.1 Å². The van der Waals surface area contributed by atoms with Crippen LogP contribution in [0.2, 0.25) is 5.02 Å². The van der Waals surface area contributed by atoms with Crippen LogP contribution in [0, 0.1) is 0 Å². The van der Waals surface area contributed by atoms with Crippen molar-refractivity contribution in [3.8, 4) is 11.4 Å². The standard InChI is InChI=1S/C20H24ClN5OS/c1-14-13-25(9-10-26(14)28(3,4)27)19-11-15(16(21)12-22-19)20-23-17-7-5-6-8-18(17)24(20)2/h5-8,11-12,14H,3,9-10,13H2,1-2,4H3/t14-,28?/m1/s1. The van der Waals surface area contributed by atoms with Crippen LogP contribution < -0.4 is 4.90 Å². The lowest BCUT2D eigenvalue weighted by molar-refractivity contribution is 0.322. The number of anilines is 1. The second-order valence-electron chi connectivity index (χ2n) is 7.40. The van der Waals surface area contributed by atoms with Crippen LogP contribution in [0.1, 0.15) is 6.92 Å². The zero-order chi connectivity index (χ0) is 20.1. The van der Waals surface area contributed by atoms with Crippen molar-refractivity contribution in [3.63, 3.8) is 0 Å². The molecular formula is C20H24ClN5OS. The Morgan fingerprint density at radius 1 is 1.29 bits per heavy atom. The van der Waals surface area contributed by atoms with Gasteiger partial charge in [0.2, 0.25) is 0 Å². The van der Waals surface area contributed by atoms with Gasteiger partial charge in [-0.25, -0.2) is 14.3 Å². The van der Waals surface area contributed by atoms with E-state index < -0.39 is 9.71 Å². The monoisotopic (exact) mass is 417 g/mol. The van der Waals surface area contributed by atoms with Gasteiger partial charge < -0.3 is 9.47 Å². The van der Waals surface area contributed by atoms with Crippen LogP contribution in [0.5, 0.6) is 0 Å². The van der Waals surface area contributed by atoms with E-state index in [1.165, 1.54) is 0 Å². The molecular weight excluding hydrogens is 394 g/mol.